The number of carbonyl (C=O) groups is 4. The summed E-state index contributed by atoms with van der Waals surface area (Å²) in [6.45, 7) is 3.16. The third kappa shape index (κ3) is 6.57. The fourth-order valence-corrected chi connectivity index (χ4v) is 1.38. The predicted molar refractivity (Wildman–Crippen MR) is 66.2 cm³/mol. The number of urea groups is 1. The highest BCUT2D eigenvalue weighted by Crippen LogP contribution is 2.02. The van der Waals surface area contributed by atoms with Crippen LogP contribution in [0.5, 0.6) is 0 Å². The highest BCUT2D eigenvalue weighted by atomic mass is 16.4. The largest absolute Gasteiger partial charge is 0.481 e. The van der Waals surface area contributed by atoms with Gasteiger partial charge in [-0.25, -0.2) is 14.4 Å². The van der Waals surface area contributed by atoms with Crippen LogP contribution in [0.4, 0.5) is 4.79 Å². The van der Waals surface area contributed by atoms with Crippen molar-refractivity contribution in [2.75, 3.05) is 0 Å². The van der Waals surface area contributed by atoms with Crippen LogP contribution in [0.1, 0.15) is 26.7 Å². The summed E-state index contributed by atoms with van der Waals surface area (Å²) in [5.74, 6) is -4.21. The zero-order chi connectivity index (χ0) is 15.9. The molecule has 0 saturated heterocycles. The Kier molecular flexibility index (Phi) is 7.05. The van der Waals surface area contributed by atoms with Crippen LogP contribution < -0.4 is 10.6 Å². The SMILES string of the molecule is CC(C)C(NC(=O)N[C@@H](CCC(=O)O)C(=O)O)C(=O)O. The van der Waals surface area contributed by atoms with E-state index in [-0.39, 0.29) is 12.3 Å². The Morgan fingerprint density at radius 3 is 1.85 bits per heavy atom. The smallest absolute Gasteiger partial charge is 0.326 e. The van der Waals surface area contributed by atoms with Crippen LogP contribution in [0.25, 0.3) is 0 Å². The molecule has 0 aromatic heterocycles. The molecule has 9 nitrogen and oxygen atoms in total. The average molecular weight is 290 g/mol. The van der Waals surface area contributed by atoms with E-state index in [1.165, 1.54) is 0 Å². The van der Waals surface area contributed by atoms with Gasteiger partial charge in [0, 0.05) is 6.42 Å². The molecule has 0 radical (unpaired) electrons. The molecule has 0 aromatic rings. The average Bonchev–Trinajstić information content (AvgIpc) is 2.29. The second kappa shape index (κ2) is 7.97. The fraction of sp³-hybridized carbons (Fsp3) is 0.636. The first-order valence-corrected chi connectivity index (χ1v) is 5.89. The van der Waals surface area contributed by atoms with Crippen molar-refractivity contribution in [1.29, 1.82) is 0 Å². The van der Waals surface area contributed by atoms with Gasteiger partial charge in [0.25, 0.3) is 0 Å². The minimum absolute atomic E-state index is 0.294. The lowest BCUT2D eigenvalue weighted by atomic mass is 10.1. The fourth-order valence-electron chi connectivity index (χ4n) is 1.38. The van der Waals surface area contributed by atoms with Gasteiger partial charge in [0.2, 0.25) is 0 Å². The van der Waals surface area contributed by atoms with E-state index < -0.39 is 42.4 Å². The number of carbonyl (C=O) groups excluding carboxylic acids is 1. The number of carboxylic acid groups (broad SMARTS) is 3. The second-order valence-electron chi connectivity index (χ2n) is 4.50. The summed E-state index contributed by atoms with van der Waals surface area (Å²) in [6.07, 6.45) is -0.721. The molecule has 5 N–H and O–H groups in total. The Bertz CT molecular complexity index is 394. The Morgan fingerprint density at radius 1 is 0.950 bits per heavy atom. The number of aliphatic carboxylic acids is 3. The summed E-state index contributed by atoms with van der Waals surface area (Å²) in [4.78, 5) is 43.6. The van der Waals surface area contributed by atoms with E-state index in [9.17, 15) is 19.2 Å². The Balaban J connectivity index is 4.56. The van der Waals surface area contributed by atoms with Crippen molar-refractivity contribution in [3.05, 3.63) is 0 Å². The molecule has 2 atom stereocenters. The van der Waals surface area contributed by atoms with Gasteiger partial charge in [-0.3, -0.25) is 4.79 Å². The molecular weight excluding hydrogens is 272 g/mol. The van der Waals surface area contributed by atoms with Crippen LogP contribution in [0, 0.1) is 5.92 Å². The molecule has 0 spiro atoms. The quantitative estimate of drug-likeness (QED) is 0.411. The molecule has 0 aliphatic rings. The molecule has 0 rings (SSSR count). The summed E-state index contributed by atoms with van der Waals surface area (Å²) < 4.78 is 0. The number of amides is 2. The van der Waals surface area contributed by atoms with Crippen molar-refractivity contribution in [1.82, 2.24) is 10.6 Å². The molecular formula is C11H18N2O7. The van der Waals surface area contributed by atoms with Crippen molar-refractivity contribution in [2.45, 2.75) is 38.8 Å². The molecule has 0 aliphatic heterocycles. The Morgan fingerprint density at radius 2 is 1.50 bits per heavy atom. The van der Waals surface area contributed by atoms with Crippen LogP contribution in [-0.2, 0) is 14.4 Å². The van der Waals surface area contributed by atoms with Gasteiger partial charge in [0.15, 0.2) is 0 Å². The topological polar surface area (TPSA) is 153 Å². The molecule has 20 heavy (non-hydrogen) atoms. The Hall–Kier alpha value is -2.32. The molecule has 114 valence electrons. The van der Waals surface area contributed by atoms with E-state index in [4.69, 9.17) is 15.3 Å². The van der Waals surface area contributed by atoms with Gasteiger partial charge < -0.3 is 26.0 Å². The normalized spacial score (nSPS) is 13.3. The van der Waals surface area contributed by atoms with Gasteiger partial charge in [0.05, 0.1) is 0 Å². The third-order valence-electron chi connectivity index (χ3n) is 2.47. The molecule has 0 saturated carbocycles. The van der Waals surface area contributed by atoms with Crippen LogP contribution in [0.2, 0.25) is 0 Å². The summed E-state index contributed by atoms with van der Waals surface area (Å²) in [5.41, 5.74) is 0. The van der Waals surface area contributed by atoms with Crippen LogP contribution in [0.3, 0.4) is 0 Å². The van der Waals surface area contributed by atoms with Crippen molar-refractivity contribution in [3.8, 4) is 0 Å². The van der Waals surface area contributed by atoms with Crippen molar-refractivity contribution < 1.29 is 34.5 Å². The molecule has 0 heterocycles. The number of nitrogens with one attached hydrogen (secondary N) is 2. The van der Waals surface area contributed by atoms with Crippen molar-refractivity contribution in [2.24, 2.45) is 5.92 Å². The van der Waals surface area contributed by atoms with E-state index in [1.807, 2.05) is 5.32 Å². The van der Waals surface area contributed by atoms with Crippen molar-refractivity contribution in [3.63, 3.8) is 0 Å². The first-order chi connectivity index (χ1) is 9.15. The zero-order valence-electron chi connectivity index (χ0n) is 11.1. The molecule has 0 aliphatic carbocycles. The lowest BCUT2D eigenvalue weighted by molar-refractivity contribution is -0.141. The van der Waals surface area contributed by atoms with Gasteiger partial charge in [-0.2, -0.15) is 0 Å². The van der Waals surface area contributed by atoms with E-state index >= 15 is 0 Å². The molecule has 9 heteroatoms. The van der Waals surface area contributed by atoms with Gasteiger partial charge in [-0.15, -0.1) is 0 Å². The number of hydrogen-bond donors (Lipinski definition) is 5. The molecule has 0 aromatic carbocycles. The molecule has 0 fully saturated rings. The molecule has 2 amide bonds. The second-order valence-corrected chi connectivity index (χ2v) is 4.50. The lowest BCUT2D eigenvalue weighted by Crippen LogP contribution is -2.52. The first-order valence-electron chi connectivity index (χ1n) is 5.89. The predicted octanol–water partition coefficient (Wildman–Crippen LogP) is -0.287. The van der Waals surface area contributed by atoms with Gasteiger partial charge in [-0.05, 0) is 12.3 Å². The van der Waals surface area contributed by atoms with Crippen LogP contribution in [0.15, 0.2) is 0 Å². The molecule has 1 unspecified atom stereocenters. The first kappa shape index (κ1) is 17.7. The monoisotopic (exact) mass is 290 g/mol. The van der Waals surface area contributed by atoms with E-state index in [2.05, 4.69) is 5.32 Å². The van der Waals surface area contributed by atoms with Gasteiger partial charge >= 0.3 is 23.9 Å². The van der Waals surface area contributed by atoms with E-state index in [0.29, 0.717) is 0 Å². The van der Waals surface area contributed by atoms with Crippen LogP contribution in [-0.4, -0.2) is 51.3 Å². The molecule has 0 bridgehead atoms. The maximum Gasteiger partial charge on any atom is 0.326 e. The van der Waals surface area contributed by atoms with E-state index in [1.54, 1.807) is 13.8 Å². The highest BCUT2D eigenvalue weighted by molar-refractivity contribution is 5.86. The summed E-state index contributed by atoms with van der Waals surface area (Å²) >= 11 is 0. The number of hydrogen-bond acceptors (Lipinski definition) is 4. The highest BCUT2D eigenvalue weighted by Gasteiger charge is 2.26. The number of carboxylic acids is 3. The maximum absolute atomic E-state index is 11.5. The van der Waals surface area contributed by atoms with Crippen molar-refractivity contribution >= 4 is 23.9 Å². The number of rotatable bonds is 8. The summed E-state index contributed by atoms with van der Waals surface area (Å²) in [7, 11) is 0. The maximum atomic E-state index is 11.5. The summed E-state index contributed by atoms with van der Waals surface area (Å²) in [6, 6.07) is -3.53. The standard InChI is InChI=1S/C11H18N2O7/c1-5(2)8(10(18)19)13-11(20)12-6(9(16)17)3-4-7(14)15/h5-6,8H,3-4H2,1-2H3,(H,14,15)(H,16,17)(H,18,19)(H2,12,13,20)/t6-,8?/m0/s1. The van der Waals surface area contributed by atoms with E-state index in [0.717, 1.165) is 0 Å². The van der Waals surface area contributed by atoms with Crippen LogP contribution >= 0.6 is 0 Å². The minimum Gasteiger partial charge on any atom is -0.481 e. The minimum atomic E-state index is -1.40. The van der Waals surface area contributed by atoms with Gasteiger partial charge in [0.1, 0.15) is 12.1 Å². The third-order valence-corrected chi connectivity index (χ3v) is 2.47. The lowest BCUT2D eigenvalue weighted by Gasteiger charge is -2.20. The van der Waals surface area contributed by atoms with Gasteiger partial charge in [-0.1, -0.05) is 13.8 Å². The summed E-state index contributed by atoms with van der Waals surface area (Å²) in [5, 5.41) is 30.3. The zero-order valence-corrected chi connectivity index (χ0v) is 11.1. The Labute approximate surface area is 115 Å².